The molecule has 1 heterocycles. The van der Waals surface area contributed by atoms with Gasteiger partial charge in [-0.15, -0.1) is 0 Å². The first-order chi connectivity index (χ1) is 7.69. The number of nitrogens with two attached hydrogens (primary N) is 1. The highest BCUT2D eigenvalue weighted by atomic mass is 32.2. The molecule has 1 aromatic rings. The Kier molecular flexibility index (Phi) is 4.91. The van der Waals surface area contributed by atoms with E-state index in [4.69, 9.17) is 10.9 Å². The van der Waals surface area contributed by atoms with Gasteiger partial charge in [-0.05, 0) is 18.4 Å². The van der Waals surface area contributed by atoms with Crippen molar-refractivity contribution in [3.8, 4) is 0 Å². The molecule has 88 valence electrons. The van der Waals surface area contributed by atoms with Crippen LogP contribution in [0.1, 0.15) is 5.56 Å². The van der Waals surface area contributed by atoms with Gasteiger partial charge >= 0.3 is 0 Å². The van der Waals surface area contributed by atoms with E-state index in [1.165, 1.54) is 0 Å². The molecule has 0 fully saturated rings. The van der Waals surface area contributed by atoms with Crippen LogP contribution in [0.5, 0.6) is 0 Å². The van der Waals surface area contributed by atoms with Gasteiger partial charge in [0.05, 0.1) is 0 Å². The minimum Gasteiger partial charge on any atom is -0.409 e. The Labute approximate surface area is 99.3 Å². The second kappa shape index (κ2) is 6.22. The van der Waals surface area contributed by atoms with Gasteiger partial charge in [0.25, 0.3) is 0 Å². The molecule has 0 saturated carbocycles. The van der Waals surface area contributed by atoms with Crippen LogP contribution in [0.25, 0.3) is 0 Å². The van der Waals surface area contributed by atoms with Gasteiger partial charge in [0.1, 0.15) is 5.82 Å². The maximum Gasteiger partial charge on any atom is 0.170 e. The lowest BCUT2D eigenvalue weighted by Crippen LogP contribution is -2.22. The average molecular weight is 240 g/mol. The van der Waals surface area contributed by atoms with Gasteiger partial charge in [-0.1, -0.05) is 5.16 Å². The van der Waals surface area contributed by atoms with Crippen LogP contribution in [0.2, 0.25) is 0 Å². The van der Waals surface area contributed by atoms with Crippen LogP contribution in [0.3, 0.4) is 0 Å². The molecule has 0 spiro atoms. The number of nitrogens with zero attached hydrogens (tertiary/aromatic N) is 3. The molecule has 0 saturated heterocycles. The first-order valence-electron chi connectivity index (χ1n) is 4.83. The Hall–Kier alpha value is -1.43. The van der Waals surface area contributed by atoms with E-state index in [2.05, 4.69) is 16.4 Å². The van der Waals surface area contributed by atoms with Crippen molar-refractivity contribution in [2.24, 2.45) is 10.9 Å². The number of aromatic nitrogens is 1. The largest absolute Gasteiger partial charge is 0.409 e. The molecule has 0 aliphatic rings. The predicted octanol–water partition coefficient (Wildman–Crippen LogP) is 0.975. The molecule has 16 heavy (non-hydrogen) atoms. The summed E-state index contributed by atoms with van der Waals surface area (Å²) in [5.41, 5.74) is 6.18. The van der Waals surface area contributed by atoms with E-state index in [0.717, 1.165) is 18.1 Å². The Morgan fingerprint density at radius 3 is 3.06 bits per heavy atom. The molecular weight excluding hydrogens is 224 g/mol. The number of thioether (sulfide) groups is 1. The average Bonchev–Trinajstić information content (AvgIpc) is 2.35. The Morgan fingerprint density at radius 1 is 1.69 bits per heavy atom. The van der Waals surface area contributed by atoms with Gasteiger partial charge < -0.3 is 15.8 Å². The summed E-state index contributed by atoms with van der Waals surface area (Å²) in [6, 6.07) is 3.51. The zero-order valence-corrected chi connectivity index (χ0v) is 10.2. The van der Waals surface area contributed by atoms with Crippen LogP contribution in [0, 0.1) is 0 Å². The summed E-state index contributed by atoms with van der Waals surface area (Å²) in [5.74, 6) is 1.95. The molecule has 0 radical (unpaired) electrons. The highest BCUT2D eigenvalue weighted by Gasteiger charge is 2.05. The van der Waals surface area contributed by atoms with E-state index in [0.29, 0.717) is 5.56 Å². The molecule has 3 N–H and O–H groups in total. The lowest BCUT2D eigenvalue weighted by Gasteiger charge is -2.17. The van der Waals surface area contributed by atoms with Crippen molar-refractivity contribution in [2.45, 2.75) is 0 Å². The van der Waals surface area contributed by atoms with Crippen molar-refractivity contribution in [1.29, 1.82) is 0 Å². The first-order valence-corrected chi connectivity index (χ1v) is 6.22. The van der Waals surface area contributed by atoms with E-state index in [9.17, 15) is 0 Å². The maximum absolute atomic E-state index is 8.58. The van der Waals surface area contributed by atoms with Crippen molar-refractivity contribution in [3.05, 3.63) is 23.9 Å². The Morgan fingerprint density at radius 2 is 2.44 bits per heavy atom. The van der Waals surface area contributed by atoms with Gasteiger partial charge in [0.2, 0.25) is 0 Å². The number of hydrogen-bond donors (Lipinski definition) is 2. The molecule has 0 aliphatic carbocycles. The second-order valence-electron chi connectivity index (χ2n) is 3.30. The monoisotopic (exact) mass is 240 g/mol. The highest BCUT2D eigenvalue weighted by molar-refractivity contribution is 7.98. The van der Waals surface area contributed by atoms with Crippen LogP contribution in [0.4, 0.5) is 5.82 Å². The van der Waals surface area contributed by atoms with Crippen LogP contribution in [-0.2, 0) is 0 Å². The Bertz CT molecular complexity index is 370. The van der Waals surface area contributed by atoms with E-state index in [1.54, 1.807) is 30.1 Å². The van der Waals surface area contributed by atoms with Gasteiger partial charge in [0, 0.05) is 31.1 Å². The Balaban J connectivity index is 2.81. The van der Waals surface area contributed by atoms with Gasteiger partial charge in [-0.3, -0.25) is 0 Å². The smallest absolute Gasteiger partial charge is 0.170 e. The number of hydrogen-bond acceptors (Lipinski definition) is 5. The third-order valence-electron chi connectivity index (χ3n) is 2.17. The SMILES string of the molecule is CSCCN(C)c1cc(/C(N)=N/O)ccn1. The van der Waals surface area contributed by atoms with Crippen LogP contribution in [-0.4, -0.2) is 41.6 Å². The molecule has 0 unspecified atom stereocenters. The van der Waals surface area contributed by atoms with Crippen molar-refractivity contribution in [3.63, 3.8) is 0 Å². The predicted molar refractivity (Wildman–Crippen MR) is 68.4 cm³/mol. The van der Waals surface area contributed by atoms with Crippen molar-refractivity contribution >= 4 is 23.4 Å². The van der Waals surface area contributed by atoms with E-state index >= 15 is 0 Å². The summed E-state index contributed by atoms with van der Waals surface area (Å²) < 4.78 is 0. The van der Waals surface area contributed by atoms with Crippen LogP contribution in [0.15, 0.2) is 23.5 Å². The molecule has 1 rings (SSSR count). The number of amidine groups is 1. The lowest BCUT2D eigenvalue weighted by molar-refractivity contribution is 0.318. The maximum atomic E-state index is 8.58. The molecule has 0 amide bonds. The summed E-state index contributed by atoms with van der Waals surface area (Å²) in [7, 11) is 1.97. The molecule has 5 nitrogen and oxygen atoms in total. The summed E-state index contributed by atoms with van der Waals surface area (Å²) in [6.45, 7) is 0.911. The van der Waals surface area contributed by atoms with Crippen LogP contribution < -0.4 is 10.6 Å². The van der Waals surface area contributed by atoms with Crippen molar-refractivity contribution < 1.29 is 5.21 Å². The molecule has 1 aromatic heterocycles. The second-order valence-corrected chi connectivity index (χ2v) is 4.29. The van der Waals surface area contributed by atoms with Gasteiger partial charge in [-0.25, -0.2) is 4.98 Å². The molecular formula is C10H16N4OS. The zero-order chi connectivity index (χ0) is 12.0. The van der Waals surface area contributed by atoms with Gasteiger partial charge in [0.15, 0.2) is 5.84 Å². The first kappa shape index (κ1) is 12.6. The normalized spacial score (nSPS) is 11.5. The molecule has 0 bridgehead atoms. The topological polar surface area (TPSA) is 74.7 Å². The standard InChI is InChI=1S/C10H16N4OS/c1-14(5-6-16-2)9-7-8(3-4-12-9)10(11)13-15/h3-4,7,15H,5-6H2,1-2H3,(H2,11,13). The number of rotatable bonds is 5. The van der Waals surface area contributed by atoms with Crippen LogP contribution >= 0.6 is 11.8 Å². The van der Waals surface area contributed by atoms with Crippen molar-refractivity contribution in [2.75, 3.05) is 30.5 Å². The lowest BCUT2D eigenvalue weighted by atomic mass is 10.2. The summed E-state index contributed by atoms with van der Waals surface area (Å²) in [5, 5.41) is 11.6. The van der Waals surface area contributed by atoms with E-state index in [1.807, 2.05) is 11.9 Å². The quantitative estimate of drug-likeness (QED) is 0.347. The molecule has 0 aliphatic heterocycles. The fourth-order valence-electron chi connectivity index (χ4n) is 1.19. The summed E-state index contributed by atoms with van der Waals surface area (Å²) >= 11 is 1.78. The highest BCUT2D eigenvalue weighted by Crippen LogP contribution is 2.11. The van der Waals surface area contributed by atoms with Crippen molar-refractivity contribution in [1.82, 2.24) is 4.98 Å². The number of pyridine rings is 1. The molecule has 0 aromatic carbocycles. The molecule has 6 heteroatoms. The van der Waals surface area contributed by atoms with E-state index in [-0.39, 0.29) is 5.84 Å². The van der Waals surface area contributed by atoms with E-state index < -0.39 is 0 Å². The minimum absolute atomic E-state index is 0.0990. The van der Waals surface area contributed by atoms with Gasteiger partial charge in [-0.2, -0.15) is 11.8 Å². The third-order valence-corrected chi connectivity index (χ3v) is 2.76. The minimum atomic E-state index is 0.0990. The zero-order valence-electron chi connectivity index (χ0n) is 9.42. The summed E-state index contributed by atoms with van der Waals surface area (Å²) in [4.78, 5) is 6.27. The summed E-state index contributed by atoms with van der Waals surface area (Å²) in [6.07, 6.45) is 3.71. The third kappa shape index (κ3) is 3.30. The number of oxime groups is 1. The fraction of sp³-hybridized carbons (Fsp3) is 0.400. The fourth-order valence-corrected chi connectivity index (χ4v) is 1.64. The number of anilines is 1. The molecule has 0 atom stereocenters.